The Morgan fingerprint density at radius 2 is 1.85 bits per heavy atom. The molecule has 0 atom stereocenters. The molecule has 3 rings (SSSR count). The third kappa shape index (κ3) is 2.20. The maximum absolute atomic E-state index is 6.23. The lowest BCUT2D eigenvalue weighted by Gasteiger charge is -2.10. The zero-order chi connectivity index (χ0) is 14.3. The molecule has 102 valence electrons. The van der Waals surface area contributed by atoms with Crippen molar-refractivity contribution in [1.29, 1.82) is 0 Å². The Morgan fingerprint density at radius 3 is 2.45 bits per heavy atom. The van der Waals surface area contributed by atoms with E-state index in [4.69, 9.17) is 34.8 Å². The molecule has 0 saturated heterocycles. The van der Waals surface area contributed by atoms with Gasteiger partial charge < -0.3 is 0 Å². The molecule has 0 aliphatic heterocycles. The molecule has 1 N–H and O–H groups in total. The van der Waals surface area contributed by atoms with Gasteiger partial charge in [0.15, 0.2) is 0 Å². The lowest BCUT2D eigenvalue weighted by Crippen LogP contribution is -2.01. The van der Waals surface area contributed by atoms with Crippen LogP contribution in [-0.4, -0.2) is 20.0 Å². The topological polar surface area (TPSA) is 46.5 Å². The van der Waals surface area contributed by atoms with Crippen molar-refractivity contribution < 1.29 is 0 Å². The third-order valence-corrected chi connectivity index (χ3v) is 3.79. The first-order valence-corrected chi connectivity index (χ1v) is 6.90. The first kappa shape index (κ1) is 13.5. The highest BCUT2D eigenvalue weighted by atomic mass is 35.5. The number of halogens is 3. The van der Waals surface area contributed by atoms with Crippen LogP contribution in [0.25, 0.3) is 16.9 Å². The van der Waals surface area contributed by atoms with E-state index in [0.717, 1.165) is 17.0 Å². The quantitative estimate of drug-likeness (QED) is 0.751. The van der Waals surface area contributed by atoms with Gasteiger partial charge in [0, 0.05) is 16.8 Å². The molecule has 3 aromatic rings. The number of H-pyrrole nitrogens is 1. The van der Waals surface area contributed by atoms with Gasteiger partial charge >= 0.3 is 0 Å². The van der Waals surface area contributed by atoms with Crippen molar-refractivity contribution in [2.75, 3.05) is 0 Å². The van der Waals surface area contributed by atoms with Crippen molar-refractivity contribution in [1.82, 2.24) is 20.0 Å². The summed E-state index contributed by atoms with van der Waals surface area (Å²) >= 11 is 18.4. The number of nitrogens with one attached hydrogen (secondary N) is 1. The predicted molar refractivity (Wildman–Crippen MR) is 80.9 cm³/mol. The van der Waals surface area contributed by atoms with E-state index in [1.807, 2.05) is 13.0 Å². The summed E-state index contributed by atoms with van der Waals surface area (Å²) in [5.74, 6) is 0. The van der Waals surface area contributed by atoms with E-state index in [2.05, 4.69) is 15.3 Å². The van der Waals surface area contributed by atoms with Gasteiger partial charge in [0.05, 0.1) is 27.6 Å². The highest BCUT2D eigenvalue weighted by Crippen LogP contribution is 2.34. The van der Waals surface area contributed by atoms with Crippen LogP contribution in [0.4, 0.5) is 0 Å². The molecule has 2 heterocycles. The van der Waals surface area contributed by atoms with Crippen molar-refractivity contribution in [3.05, 3.63) is 51.4 Å². The standard InChI is InChI=1S/C13H9Cl3N4/c1-7-9(12-2-3-17-19-12)6-18-20(7)13-10(15)4-8(14)5-11(13)16/h2-6H,1H3,(H,17,19). The van der Waals surface area contributed by atoms with Crippen LogP contribution in [0, 0.1) is 6.92 Å². The summed E-state index contributed by atoms with van der Waals surface area (Å²) in [5, 5.41) is 12.6. The summed E-state index contributed by atoms with van der Waals surface area (Å²) in [5.41, 5.74) is 3.33. The van der Waals surface area contributed by atoms with Crippen LogP contribution in [0.15, 0.2) is 30.6 Å². The summed E-state index contributed by atoms with van der Waals surface area (Å²) in [7, 11) is 0. The summed E-state index contributed by atoms with van der Waals surface area (Å²) in [4.78, 5) is 0. The average molecular weight is 328 g/mol. The molecule has 2 aromatic heterocycles. The summed E-state index contributed by atoms with van der Waals surface area (Å²) in [6.07, 6.45) is 3.43. The van der Waals surface area contributed by atoms with Gasteiger partial charge in [0.2, 0.25) is 0 Å². The zero-order valence-corrected chi connectivity index (χ0v) is 12.6. The second kappa shape index (κ2) is 5.13. The normalized spacial score (nSPS) is 11.0. The maximum Gasteiger partial charge on any atom is 0.102 e. The average Bonchev–Trinajstić information content (AvgIpc) is 2.99. The van der Waals surface area contributed by atoms with Crippen LogP contribution < -0.4 is 0 Å². The van der Waals surface area contributed by atoms with E-state index in [1.54, 1.807) is 29.2 Å². The molecule has 0 bridgehead atoms. The van der Waals surface area contributed by atoms with Gasteiger partial charge in [-0.2, -0.15) is 10.2 Å². The number of benzene rings is 1. The van der Waals surface area contributed by atoms with Crippen LogP contribution in [0.1, 0.15) is 5.69 Å². The Morgan fingerprint density at radius 1 is 1.15 bits per heavy atom. The number of aromatic nitrogens is 4. The Balaban J connectivity index is 2.18. The fourth-order valence-electron chi connectivity index (χ4n) is 2.04. The Kier molecular flexibility index (Phi) is 3.46. The lowest BCUT2D eigenvalue weighted by molar-refractivity contribution is 0.847. The van der Waals surface area contributed by atoms with E-state index < -0.39 is 0 Å². The monoisotopic (exact) mass is 326 g/mol. The largest absolute Gasteiger partial charge is 0.278 e. The molecule has 0 radical (unpaired) electrons. The maximum atomic E-state index is 6.23. The minimum Gasteiger partial charge on any atom is -0.278 e. The summed E-state index contributed by atoms with van der Waals surface area (Å²) in [6, 6.07) is 5.15. The van der Waals surface area contributed by atoms with E-state index in [9.17, 15) is 0 Å². The second-order valence-corrected chi connectivity index (χ2v) is 5.49. The molecule has 4 nitrogen and oxygen atoms in total. The van der Waals surface area contributed by atoms with Crippen LogP contribution in [0.5, 0.6) is 0 Å². The summed E-state index contributed by atoms with van der Waals surface area (Å²) in [6.45, 7) is 1.93. The van der Waals surface area contributed by atoms with Crippen LogP contribution in [0.3, 0.4) is 0 Å². The number of nitrogens with zero attached hydrogens (tertiary/aromatic N) is 3. The molecule has 0 fully saturated rings. The van der Waals surface area contributed by atoms with E-state index in [-0.39, 0.29) is 0 Å². The first-order chi connectivity index (χ1) is 9.58. The van der Waals surface area contributed by atoms with Crippen molar-refractivity contribution in [3.63, 3.8) is 0 Å². The molecular weight excluding hydrogens is 319 g/mol. The third-order valence-electron chi connectivity index (χ3n) is 2.99. The zero-order valence-electron chi connectivity index (χ0n) is 10.4. The molecule has 0 aliphatic carbocycles. The lowest BCUT2D eigenvalue weighted by atomic mass is 10.2. The Bertz CT molecular complexity index is 739. The molecule has 0 spiro atoms. The first-order valence-electron chi connectivity index (χ1n) is 5.77. The molecular formula is C13H9Cl3N4. The van der Waals surface area contributed by atoms with Crippen molar-refractivity contribution in [2.24, 2.45) is 0 Å². The molecule has 0 aliphatic rings. The highest BCUT2D eigenvalue weighted by Gasteiger charge is 2.16. The van der Waals surface area contributed by atoms with Gasteiger partial charge in [0.1, 0.15) is 5.69 Å². The molecule has 20 heavy (non-hydrogen) atoms. The van der Waals surface area contributed by atoms with Gasteiger partial charge in [0.25, 0.3) is 0 Å². The van der Waals surface area contributed by atoms with Crippen molar-refractivity contribution in [2.45, 2.75) is 6.92 Å². The van der Waals surface area contributed by atoms with E-state index in [0.29, 0.717) is 20.8 Å². The van der Waals surface area contributed by atoms with Gasteiger partial charge in [-0.25, -0.2) is 4.68 Å². The second-order valence-electron chi connectivity index (χ2n) is 4.24. The Hall–Kier alpha value is -1.49. The number of rotatable bonds is 2. The van der Waals surface area contributed by atoms with E-state index in [1.165, 1.54) is 0 Å². The van der Waals surface area contributed by atoms with Gasteiger partial charge in [-0.1, -0.05) is 34.8 Å². The number of hydrogen-bond donors (Lipinski definition) is 1. The fourth-order valence-corrected chi connectivity index (χ4v) is 3.02. The minimum atomic E-state index is 0.449. The van der Waals surface area contributed by atoms with Crippen molar-refractivity contribution in [3.8, 4) is 16.9 Å². The molecule has 0 unspecified atom stereocenters. The number of hydrogen-bond acceptors (Lipinski definition) is 2. The van der Waals surface area contributed by atoms with E-state index >= 15 is 0 Å². The molecule has 7 heteroatoms. The van der Waals surface area contributed by atoms with Gasteiger partial charge in [-0.05, 0) is 25.1 Å². The Labute approximate surface area is 130 Å². The molecule has 0 saturated carbocycles. The molecule has 0 amide bonds. The van der Waals surface area contributed by atoms with Crippen LogP contribution in [0.2, 0.25) is 15.1 Å². The molecule has 1 aromatic carbocycles. The van der Waals surface area contributed by atoms with Crippen molar-refractivity contribution >= 4 is 34.8 Å². The smallest absolute Gasteiger partial charge is 0.102 e. The van der Waals surface area contributed by atoms with Crippen LogP contribution >= 0.6 is 34.8 Å². The van der Waals surface area contributed by atoms with Gasteiger partial charge in [-0.3, -0.25) is 5.10 Å². The predicted octanol–water partition coefficient (Wildman–Crippen LogP) is 4.53. The summed E-state index contributed by atoms with van der Waals surface area (Å²) < 4.78 is 1.69. The number of aromatic amines is 1. The SMILES string of the molecule is Cc1c(-c2ccn[nH]2)cnn1-c1c(Cl)cc(Cl)cc1Cl. The van der Waals surface area contributed by atoms with Crippen LogP contribution in [-0.2, 0) is 0 Å². The van der Waals surface area contributed by atoms with Gasteiger partial charge in [-0.15, -0.1) is 0 Å². The minimum absolute atomic E-state index is 0.449. The highest BCUT2D eigenvalue weighted by molar-refractivity contribution is 6.40. The fraction of sp³-hybridized carbons (Fsp3) is 0.0769.